The number of benzene rings is 1. The number of anilines is 1. The van der Waals surface area contributed by atoms with Crippen molar-refractivity contribution in [3.8, 4) is 0 Å². The summed E-state index contributed by atoms with van der Waals surface area (Å²) in [6.45, 7) is 0. The van der Waals surface area contributed by atoms with E-state index in [-0.39, 0.29) is 11.3 Å². The van der Waals surface area contributed by atoms with E-state index in [1.165, 1.54) is 28.7 Å². The summed E-state index contributed by atoms with van der Waals surface area (Å²) in [6, 6.07) is 8.86. The monoisotopic (exact) mass is 403 g/mol. The van der Waals surface area contributed by atoms with Gasteiger partial charge in [-0.3, -0.25) is 14.5 Å². The summed E-state index contributed by atoms with van der Waals surface area (Å²) in [6.07, 6.45) is 0. The lowest BCUT2D eigenvalue weighted by molar-refractivity contribution is -0.117. The van der Waals surface area contributed by atoms with Gasteiger partial charge >= 0.3 is 0 Å². The molecule has 4 nitrogen and oxygen atoms in total. The fraction of sp³-hybridized carbons (Fsp3) is 0.0526. The van der Waals surface area contributed by atoms with Gasteiger partial charge in [0.15, 0.2) is 17.4 Å². The van der Waals surface area contributed by atoms with Crippen LogP contribution in [-0.4, -0.2) is 16.8 Å². The number of halogens is 2. The van der Waals surface area contributed by atoms with E-state index < -0.39 is 35.1 Å². The molecule has 3 aromatic rings. The van der Waals surface area contributed by atoms with Gasteiger partial charge in [-0.2, -0.15) is 0 Å². The van der Waals surface area contributed by atoms with Crippen LogP contribution in [0.4, 0.5) is 14.5 Å². The molecule has 3 heterocycles. The molecular weight excluding hydrogens is 392 g/mol. The molecular formula is C19H11F2NO3S2. The number of aliphatic hydroxyl groups is 1. The number of hydrogen-bond donors (Lipinski definition) is 1. The molecule has 1 unspecified atom stereocenters. The molecule has 27 heavy (non-hydrogen) atoms. The van der Waals surface area contributed by atoms with E-state index >= 15 is 0 Å². The summed E-state index contributed by atoms with van der Waals surface area (Å²) >= 11 is 2.48. The van der Waals surface area contributed by atoms with E-state index in [1.807, 2.05) is 0 Å². The van der Waals surface area contributed by atoms with Gasteiger partial charge in [0, 0.05) is 16.6 Å². The van der Waals surface area contributed by atoms with Crippen LogP contribution in [0.5, 0.6) is 0 Å². The Hall–Kier alpha value is -2.84. The molecule has 4 rings (SSSR count). The molecule has 0 aliphatic carbocycles. The van der Waals surface area contributed by atoms with Crippen molar-refractivity contribution in [2.45, 2.75) is 6.04 Å². The minimum absolute atomic E-state index is 0.0535. The van der Waals surface area contributed by atoms with Crippen LogP contribution in [0.3, 0.4) is 0 Å². The van der Waals surface area contributed by atoms with Crippen molar-refractivity contribution >= 4 is 40.1 Å². The van der Waals surface area contributed by atoms with Crippen molar-refractivity contribution < 1.29 is 23.5 Å². The number of carbonyl (C=O) groups is 2. The van der Waals surface area contributed by atoms with Gasteiger partial charge in [0.1, 0.15) is 6.04 Å². The highest BCUT2D eigenvalue weighted by Crippen LogP contribution is 2.43. The number of thiophene rings is 2. The molecule has 0 saturated heterocycles. The van der Waals surface area contributed by atoms with Crippen LogP contribution in [0.15, 0.2) is 64.6 Å². The number of ketones is 1. The molecule has 8 heteroatoms. The number of hydrogen-bond acceptors (Lipinski definition) is 5. The Morgan fingerprint density at radius 3 is 2.41 bits per heavy atom. The maximum absolute atomic E-state index is 13.8. The number of aliphatic hydroxyl groups excluding tert-OH is 1. The molecule has 1 aliphatic heterocycles. The SMILES string of the molecule is O=C(C1=C(O)C(=O)N(c2ccc(F)c(F)c2)C1c1cccs1)c1cccs1. The van der Waals surface area contributed by atoms with Crippen LogP contribution in [-0.2, 0) is 4.79 Å². The third kappa shape index (κ3) is 2.87. The third-order valence-electron chi connectivity index (χ3n) is 4.19. The minimum Gasteiger partial charge on any atom is -0.503 e. The molecule has 1 aliphatic rings. The maximum atomic E-state index is 13.8. The van der Waals surface area contributed by atoms with Gasteiger partial charge in [-0.15, -0.1) is 22.7 Å². The van der Waals surface area contributed by atoms with E-state index in [2.05, 4.69) is 0 Å². The molecule has 1 N–H and O–H groups in total. The summed E-state index contributed by atoms with van der Waals surface area (Å²) in [5.74, 6) is -4.16. The number of carbonyl (C=O) groups excluding carboxylic acids is 2. The highest BCUT2D eigenvalue weighted by molar-refractivity contribution is 7.12. The van der Waals surface area contributed by atoms with Gasteiger partial charge in [-0.05, 0) is 35.0 Å². The fourth-order valence-corrected chi connectivity index (χ4v) is 4.50. The molecule has 0 bridgehead atoms. The zero-order valence-electron chi connectivity index (χ0n) is 13.6. The van der Waals surface area contributed by atoms with Crippen LogP contribution in [0.25, 0.3) is 0 Å². The standard InChI is InChI=1S/C19H11F2NO3S2/c20-11-6-5-10(9-12(11)21)22-16(13-3-1-7-26-13)15(18(24)19(22)25)17(23)14-4-2-8-27-14/h1-9,16,24H. The van der Waals surface area contributed by atoms with Crippen molar-refractivity contribution in [3.63, 3.8) is 0 Å². The average Bonchev–Trinajstić information content (AvgIpc) is 3.39. The van der Waals surface area contributed by atoms with Gasteiger partial charge < -0.3 is 5.11 Å². The van der Waals surface area contributed by atoms with E-state index in [9.17, 15) is 23.5 Å². The van der Waals surface area contributed by atoms with Crippen LogP contribution in [0.2, 0.25) is 0 Å². The largest absolute Gasteiger partial charge is 0.503 e. The molecule has 1 atom stereocenters. The Bertz CT molecular complexity index is 1060. The highest BCUT2D eigenvalue weighted by Gasteiger charge is 2.45. The second kappa shape index (κ2) is 6.71. The Kier molecular flexibility index (Phi) is 4.37. The molecule has 1 aromatic carbocycles. The molecule has 0 radical (unpaired) electrons. The molecule has 0 saturated carbocycles. The maximum Gasteiger partial charge on any atom is 0.294 e. The van der Waals surface area contributed by atoms with Gasteiger partial charge in [-0.25, -0.2) is 8.78 Å². The second-order valence-electron chi connectivity index (χ2n) is 5.76. The lowest BCUT2D eigenvalue weighted by Gasteiger charge is -2.25. The van der Waals surface area contributed by atoms with Gasteiger partial charge in [0.25, 0.3) is 5.91 Å². The Labute approximate surface area is 160 Å². The quantitative estimate of drug-likeness (QED) is 0.633. The Balaban J connectivity index is 1.87. The predicted molar refractivity (Wildman–Crippen MR) is 99.2 cm³/mol. The Morgan fingerprint density at radius 1 is 1.04 bits per heavy atom. The third-order valence-corrected chi connectivity index (χ3v) is 5.99. The predicted octanol–water partition coefficient (Wildman–Crippen LogP) is 4.87. The topological polar surface area (TPSA) is 57.6 Å². The smallest absolute Gasteiger partial charge is 0.294 e. The highest BCUT2D eigenvalue weighted by atomic mass is 32.1. The van der Waals surface area contributed by atoms with Crippen molar-refractivity contribution in [2.75, 3.05) is 4.90 Å². The fourth-order valence-electron chi connectivity index (χ4n) is 2.99. The zero-order chi connectivity index (χ0) is 19.1. The Morgan fingerprint density at radius 2 is 1.78 bits per heavy atom. The molecule has 0 spiro atoms. The summed E-state index contributed by atoms with van der Waals surface area (Å²) in [5.41, 5.74) is -0.0209. The van der Waals surface area contributed by atoms with E-state index in [0.29, 0.717) is 9.75 Å². The summed E-state index contributed by atoms with van der Waals surface area (Å²) in [4.78, 5) is 27.8. The number of Topliss-reactive ketones (excluding diaryl/α,β-unsaturated/α-hetero) is 1. The second-order valence-corrected chi connectivity index (χ2v) is 7.69. The summed E-state index contributed by atoms with van der Waals surface area (Å²) in [7, 11) is 0. The first-order valence-electron chi connectivity index (χ1n) is 7.82. The average molecular weight is 403 g/mol. The molecule has 2 aromatic heterocycles. The van der Waals surface area contributed by atoms with E-state index in [0.717, 1.165) is 17.0 Å². The van der Waals surface area contributed by atoms with Crippen LogP contribution in [0, 0.1) is 11.6 Å². The van der Waals surface area contributed by atoms with Crippen LogP contribution >= 0.6 is 22.7 Å². The van der Waals surface area contributed by atoms with Crippen LogP contribution < -0.4 is 4.90 Å². The van der Waals surface area contributed by atoms with Crippen LogP contribution in [0.1, 0.15) is 20.6 Å². The molecule has 1 amide bonds. The van der Waals surface area contributed by atoms with Gasteiger partial charge in [-0.1, -0.05) is 12.1 Å². The van der Waals surface area contributed by atoms with Crippen molar-refractivity contribution in [1.82, 2.24) is 0 Å². The zero-order valence-corrected chi connectivity index (χ0v) is 15.2. The number of rotatable bonds is 4. The number of nitrogens with zero attached hydrogens (tertiary/aromatic N) is 1. The summed E-state index contributed by atoms with van der Waals surface area (Å²) < 4.78 is 27.1. The van der Waals surface area contributed by atoms with Crippen molar-refractivity contribution in [1.29, 1.82) is 0 Å². The van der Waals surface area contributed by atoms with Crippen molar-refractivity contribution in [3.05, 3.63) is 85.9 Å². The van der Waals surface area contributed by atoms with Crippen molar-refractivity contribution in [2.24, 2.45) is 0 Å². The normalized spacial score (nSPS) is 17.0. The number of amides is 1. The first-order chi connectivity index (χ1) is 13.0. The van der Waals surface area contributed by atoms with E-state index in [1.54, 1.807) is 35.0 Å². The minimum atomic E-state index is -1.12. The molecule has 0 fully saturated rings. The lowest BCUT2D eigenvalue weighted by Crippen LogP contribution is -2.30. The first kappa shape index (κ1) is 17.6. The van der Waals surface area contributed by atoms with E-state index in [4.69, 9.17) is 0 Å². The molecule has 136 valence electrons. The first-order valence-corrected chi connectivity index (χ1v) is 9.58. The summed E-state index contributed by atoms with van der Waals surface area (Å²) in [5, 5.41) is 13.9. The van der Waals surface area contributed by atoms with Gasteiger partial charge in [0.05, 0.1) is 10.5 Å². The van der Waals surface area contributed by atoms with Gasteiger partial charge in [0.2, 0.25) is 5.78 Å². The lowest BCUT2D eigenvalue weighted by atomic mass is 10.0.